The predicted octanol–water partition coefficient (Wildman–Crippen LogP) is 7.64. The number of para-hydroxylation sites is 1. The quantitative estimate of drug-likeness (QED) is 0.418. The first-order chi connectivity index (χ1) is 13.7. The standard InChI is InChI=1S/C26H37NO/c1-4-6-9-18-28-26-11-8-7-10-24(26)23-16-17-27-19-25(23)20(3)22-14-12-21(5-2)13-15-22/h7-8,10-11,16-17,19-22H,4-6,9,12-15,18H2,1-3H3. The van der Waals surface area contributed by atoms with Crippen LogP contribution < -0.4 is 4.74 Å². The largest absolute Gasteiger partial charge is 0.493 e. The van der Waals surface area contributed by atoms with Gasteiger partial charge in [-0.05, 0) is 60.3 Å². The molecule has 0 bridgehead atoms. The Labute approximate surface area is 171 Å². The van der Waals surface area contributed by atoms with Gasteiger partial charge < -0.3 is 4.74 Å². The Morgan fingerprint density at radius 1 is 1.00 bits per heavy atom. The topological polar surface area (TPSA) is 22.1 Å². The molecule has 152 valence electrons. The SMILES string of the molecule is CCCCCOc1ccccc1-c1ccncc1C(C)C1CCC(CC)CC1. The molecule has 1 saturated carbocycles. The number of hydrogen-bond donors (Lipinski definition) is 0. The van der Waals surface area contributed by atoms with Crippen molar-refractivity contribution in [1.29, 1.82) is 0 Å². The Morgan fingerprint density at radius 3 is 2.54 bits per heavy atom. The molecule has 3 rings (SSSR count). The van der Waals surface area contributed by atoms with Gasteiger partial charge in [-0.3, -0.25) is 4.98 Å². The van der Waals surface area contributed by atoms with Crippen molar-refractivity contribution in [2.45, 2.75) is 78.1 Å². The number of nitrogens with zero attached hydrogens (tertiary/aromatic N) is 1. The molecule has 1 atom stereocenters. The lowest BCUT2D eigenvalue weighted by molar-refractivity contribution is 0.244. The van der Waals surface area contributed by atoms with Crippen molar-refractivity contribution in [1.82, 2.24) is 4.98 Å². The number of rotatable bonds is 9. The average Bonchev–Trinajstić information content (AvgIpc) is 2.76. The molecule has 0 N–H and O–H groups in total. The molecule has 0 spiro atoms. The number of benzene rings is 1. The summed E-state index contributed by atoms with van der Waals surface area (Å²) in [5.41, 5.74) is 3.89. The highest BCUT2D eigenvalue weighted by Gasteiger charge is 2.27. The Hall–Kier alpha value is -1.83. The molecular formula is C26H37NO. The summed E-state index contributed by atoms with van der Waals surface area (Å²) in [6.45, 7) is 7.77. The van der Waals surface area contributed by atoms with Gasteiger partial charge in [0.05, 0.1) is 6.61 Å². The molecule has 0 saturated heterocycles. The molecule has 1 heterocycles. The molecular weight excluding hydrogens is 342 g/mol. The minimum atomic E-state index is 0.537. The van der Waals surface area contributed by atoms with Crippen LogP contribution in [-0.4, -0.2) is 11.6 Å². The molecule has 0 aliphatic heterocycles. The van der Waals surface area contributed by atoms with Crippen LogP contribution in [0.4, 0.5) is 0 Å². The minimum absolute atomic E-state index is 0.537. The van der Waals surface area contributed by atoms with E-state index in [1.807, 2.05) is 6.20 Å². The lowest BCUT2D eigenvalue weighted by Crippen LogP contribution is -2.19. The van der Waals surface area contributed by atoms with Crippen LogP contribution in [0.1, 0.15) is 83.6 Å². The first-order valence-corrected chi connectivity index (χ1v) is 11.4. The van der Waals surface area contributed by atoms with Gasteiger partial charge in [0.25, 0.3) is 0 Å². The summed E-state index contributed by atoms with van der Waals surface area (Å²) < 4.78 is 6.18. The Kier molecular flexibility index (Phi) is 7.94. The second-order valence-electron chi connectivity index (χ2n) is 8.49. The summed E-state index contributed by atoms with van der Waals surface area (Å²) in [4.78, 5) is 4.49. The lowest BCUT2D eigenvalue weighted by Gasteiger charge is -2.33. The number of hydrogen-bond acceptors (Lipinski definition) is 2. The number of aromatic nitrogens is 1. The molecule has 1 fully saturated rings. The molecule has 1 aliphatic carbocycles. The van der Waals surface area contributed by atoms with E-state index >= 15 is 0 Å². The maximum atomic E-state index is 6.18. The summed E-state index contributed by atoms with van der Waals surface area (Å²) in [7, 11) is 0. The van der Waals surface area contributed by atoms with Crippen LogP contribution in [0.25, 0.3) is 11.1 Å². The third-order valence-corrected chi connectivity index (χ3v) is 6.70. The lowest BCUT2D eigenvalue weighted by atomic mass is 9.73. The first-order valence-electron chi connectivity index (χ1n) is 11.4. The van der Waals surface area contributed by atoms with Crippen molar-refractivity contribution >= 4 is 0 Å². The maximum Gasteiger partial charge on any atom is 0.127 e. The summed E-state index contributed by atoms with van der Waals surface area (Å²) in [6.07, 6.45) is 14.4. The Bertz CT molecular complexity index is 718. The molecule has 1 aliphatic rings. The van der Waals surface area contributed by atoms with Gasteiger partial charge in [0, 0.05) is 18.0 Å². The highest BCUT2D eigenvalue weighted by molar-refractivity contribution is 5.73. The zero-order chi connectivity index (χ0) is 19.8. The second-order valence-corrected chi connectivity index (χ2v) is 8.49. The monoisotopic (exact) mass is 379 g/mol. The molecule has 1 aromatic heterocycles. The van der Waals surface area contributed by atoms with Crippen LogP contribution in [-0.2, 0) is 0 Å². The van der Waals surface area contributed by atoms with Gasteiger partial charge in [-0.15, -0.1) is 0 Å². The Balaban J connectivity index is 1.81. The number of ether oxygens (including phenoxy) is 1. The van der Waals surface area contributed by atoms with Crippen molar-refractivity contribution in [2.24, 2.45) is 11.8 Å². The highest BCUT2D eigenvalue weighted by Crippen LogP contribution is 2.42. The smallest absolute Gasteiger partial charge is 0.127 e. The molecule has 2 nitrogen and oxygen atoms in total. The van der Waals surface area contributed by atoms with Crippen LogP contribution in [0.2, 0.25) is 0 Å². The molecule has 2 heteroatoms. The first kappa shape index (κ1) is 20.9. The highest BCUT2D eigenvalue weighted by atomic mass is 16.5. The van der Waals surface area contributed by atoms with Crippen LogP contribution in [0.5, 0.6) is 5.75 Å². The third-order valence-electron chi connectivity index (χ3n) is 6.70. The van der Waals surface area contributed by atoms with Gasteiger partial charge in [-0.2, -0.15) is 0 Å². The van der Waals surface area contributed by atoms with Crippen molar-refractivity contribution < 1.29 is 4.74 Å². The van der Waals surface area contributed by atoms with Crippen LogP contribution in [0.3, 0.4) is 0 Å². The van der Waals surface area contributed by atoms with Crippen LogP contribution in [0, 0.1) is 11.8 Å². The van der Waals surface area contributed by atoms with E-state index in [2.05, 4.69) is 62.3 Å². The normalized spacial score (nSPS) is 20.7. The van der Waals surface area contributed by atoms with E-state index in [9.17, 15) is 0 Å². The number of unbranched alkanes of at least 4 members (excludes halogenated alkanes) is 2. The molecule has 2 aromatic rings. The Morgan fingerprint density at radius 2 is 1.79 bits per heavy atom. The van der Waals surface area contributed by atoms with Gasteiger partial charge in [-0.1, -0.05) is 71.1 Å². The van der Waals surface area contributed by atoms with E-state index < -0.39 is 0 Å². The van der Waals surface area contributed by atoms with E-state index in [4.69, 9.17) is 4.74 Å². The van der Waals surface area contributed by atoms with E-state index in [1.54, 1.807) is 0 Å². The maximum absolute atomic E-state index is 6.18. The number of pyridine rings is 1. The van der Waals surface area contributed by atoms with Crippen molar-refractivity contribution in [3.63, 3.8) is 0 Å². The molecule has 1 aromatic carbocycles. The van der Waals surface area contributed by atoms with Crippen molar-refractivity contribution in [3.05, 3.63) is 48.3 Å². The fourth-order valence-corrected chi connectivity index (χ4v) is 4.71. The van der Waals surface area contributed by atoms with Crippen molar-refractivity contribution in [2.75, 3.05) is 6.61 Å². The predicted molar refractivity (Wildman–Crippen MR) is 119 cm³/mol. The zero-order valence-electron chi connectivity index (χ0n) is 18.0. The molecule has 0 radical (unpaired) electrons. The summed E-state index contributed by atoms with van der Waals surface area (Å²) in [6, 6.07) is 10.7. The van der Waals surface area contributed by atoms with E-state index in [1.165, 1.54) is 61.6 Å². The van der Waals surface area contributed by atoms with Crippen LogP contribution >= 0.6 is 0 Å². The van der Waals surface area contributed by atoms with Gasteiger partial charge in [0.15, 0.2) is 0 Å². The van der Waals surface area contributed by atoms with E-state index in [0.717, 1.165) is 30.6 Å². The summed E-state index contributed by atoms with van der Waals surface area (Å²) >= 11 is 0. The fraction of sp³-hybridized carbons (Fsp3) is 0.577. The molecule has 1 unspecified atom stereocenters. The third kappa shape index (κ3) is 5.16. The summed E-state index contributed by atoms with van der Waals surface area (Å²) in [5.74, 6) is 3.25. The van der Waals surface area contributed by atoms with Crippen LogP contribution in [0.15, 0.2) is 42.7 Å². The van der Waals surface area contributed by atoms with Crippen molar-refractivity contribution in [3.8, 4) is 16.9 Å². The fourth-order valence-electron chi connectivity index (χ4n) is 4.71. The van der Waals surface area contributed by atoms with Gasteiger partial charge >= 0.3 is 0 Å². The average molecular weight is 380 g/mol. The van der Waals surface area contributed by atoms with E-state index in [0.29, 0.717) is 5.92 Å². The van der Waals surface area contributed by atoms with E-state index in [-0.39, 0.29) is 0 Å². The van der Waals surface area contributed by atoms with Gasteiger partial charge in [-0.25, -0.2) is 0 Å². The zero-order valence-corrected chi connectivity index (χ0v) is 18.0. The minimum Gasteiger partial charge on any atom is -0.493 e. The molecule has 0 amide bonds. The van der Waals surface area contributed by atoms with Gasteiger partial charge in [0.1, 0.15) is 5.75 Å². The van der Waals surface area contributed by atoms with Gasteiger partial charge in [0.2, 0.25) is 0 Å². The summed E-state index contributed by atoms with van der Waals surface area (Å²) in [5, 5.41) is 0. The second kappa shape index (κ2) is 10.6. The molecule has 28 heavy (non-hydrogen) atoms.